The average molecular weight is 589 g/mol. The number of hydrogen-bond donors (Lipinski definition) is 1. The lowest BCUT2D eigenvalue weighted by molar-refractivity contribution is 0.273. The minimum atomic E-state index is -1.81. The maximum atomic E-state index is 6.37. The monoisotopic (exact) mass is 587 g/mol. The first-order chi connectivity index (χ1) is 16.9. The van der Waals surface area contributed by atoms with Gasteiger partial charge >= 0.3 is 0 Å². The Bertz CT molecular complexity index is 1390. The molecule has 0 saturated carbocycles. The van der Waals surface area contributed by atoms with Crippen LogP contribution in [0.4, 0.5) is 5.82 Å². The normalized spacial score (nSPS) is 12.3. The van der Waals surface area contributed by atoms with Crippen molar-refractivity contribution in [1.29, 1.82) is 0 Å². The highest BCUT2D eigenvalue weighted by atomic mass is 79.9. The first-order valence-corrected chi connectivity index (χ1v) is 15.8. The van der Waals surface area contributed by atoms with Crippen molar-refractivity contribution in [2.24, 2.45) is 0 Å². The van der Waals surface area contributed by atoms with E-state index in [4.69, 9.17) is 26.5 Å². The largest absolute Gasteiger partial charge is 0.489 e. The van der Waals surface area contributed by atoms with Gasteiger partial charge in [0, 0.05) is 4.47 Å². The lowest BCUT2D eigenvalue weighted by Crippen LogP contribution is -2.40. The van der Waals surface area contributed by atoms with Crippen molar-refractivity contribution in [3.05, 3.63) is 75.1 Å². The van der Waals surface area contributed by atoms with Gasteiger partial charge in [-0.1, -0.05) is 54.9 Å². The van der Waals surface area contributed by atoms with Crippen molar-refractivity contribution in [2.45, 2.75) is 58.7 Å². The summed E-state index contributed by atoms with van der Waals surface area (Å²) in [6, 6.07) is 14.3. The van der Waals surface area contributed by atoms with Crippen LogP contribution in [0.3, 0.4) is 0 Å². The Morgan fingerprint density at radius 1 is 1.06 bits per heavy atom. The topological polar surface area (TPSA) is 88.1 Å². The van der Waals surface area contributed by atoms with Crippen molar-refractivity contribution in [3.8, 4) is 5.75 Å². The molecule has 0 radical (unpaired) electrons. The van der Waals surface area contributed by atoms with Gasteiger partial charge in [0.05, 0.1) is 24.7 Å². The number of fused-ring (bicyclic) bond motifs is 1. The molecular formula is C26H31BrClN5O2Si. The highest BCUT2D eigenvalue weighted by Crippen LogP contribution is 2.37. The molecule has 0 aliphatic carbocycles. The number of rotatable bonds is 8. The van der Waals surface area contributed by atoms with Gasteiger partial charge in [-0.15, -0.1) is 0 Å². The molecule has 0 saturated heterocycles. The predicted octanol–water partition coefficient (Wildman–Crippen LogP) is 6.97. The van der Waals surface area contributed by atoms with Crippen LogP contribution >= 0.6 is 27.5 Å². The maximum absolute atomic E-state index is 6.37. The van der Waals surface area contributed by atoms with E-state index < -0.39 is 8.32 Å². The summed E-state index contributed by atoms with van der Waals surface area (Å²) in [5.41, 5.74) is 9.74. The molecule has 0 fully saturated rings. The molecule has 0 aliphatic rings. The fourth-order valence-corrected chi connectivity index (χ4v) is 4.94. The summed E-state index contributed by atoms with van der Waals surface area (Å²) in [6.45, 7) is 12.8. The number of nitrogen functional groups attached to an aromatic ring is 1. The highest BCUT2D eigenvalue weighted by Gasteiger charge is 2.37. The van der Waals surface area contributed by atoms with E-state index in [1.54, 1.807) is 10.9 Å². The lowest BCUT2D eigenvalue weighted by Gasteiger charge is -2.36. The van der Waals surface area contributed by atoms with E-state index in [0.717, 1.165) is 26.9 Å². The van der Waals surface area contributed by atoms with Crippen molar-refractivity contribution >= 4 is 52.7 Å². The Morgan fingerprint density at radius 2 is 1.81 bits per heavy atom. The first-order valence-electron chi connectivity index (χ1n) is 11.7. The van der Waals surface area contributed by atoms with Crippen LogP contribution in [-0.4, -0.2) is 28.1 Å². The molecule has 2 aromatic heterocycles. The van der Waals surface area contributed by atoms with Crippen LogP contribution in [0, 0.1) is 0 Å². The van der Waals surface area contributed by atoms with Crippen molar-refractivity contribution in [1.82, 2.24) is 19.7 Å². The number of aromatic nitrogens is 4. The Labute approximate surface area is 226 Å². The van der Waals surface area contributed by atoms with Gasteiger partial charge in [0.25, 0.3) is 0 Å². The molecule has 4 rings (SSSR count). The Morgan fingerprint density at radius 3 is 2.56 bits per heavy atom. The molecule has 7 nitrogen and oxygen atoms in total. The van der Waals surface area contributed by atoms with E-state index in [9.17, 15) is 0 Å². The van der Waals surface area contributed by atoms with Crippen molar-refractivity contribution < 1.29 is 9.16 Å². The zero-order valence-corrected chi connectivity index (χ0v) is 24.5. The molecule has 0 bridgehead atoms. The molecule has 2 heterocycles. The molecular weight excluding hydrogens is 558 g/mol. The highest BCUT2D eigenvalue weighted by molar-refractivity contribution is 9.10. The fourth-order valence-electron chi connectivity index (χ4n) is 3.44. The summed E-state index contributed by atoms with van der Waals surface area (Å²) in [5.74, 6) is 1.13. The van der Waals surface area contributed by atoms with Crippen LogP contribution in [-0.2, 0) is 24.2 Å². The molecule has 10 heteroatoms. The molecule has 36 heavy (non-hydrogen) atoms. The van der Waals surface area contributed by atoms with Gasteiger partial charge in [0.1, 0.15) is 18.2 Å². The van der Waals surface area contributed by atoms with Crippen LogP contribution < -0.4 is 10.5 Å². The van der Waals surface area contributed by atoms with Crippen LogP contribution in [0.5, 0.6) is 5.75 Å². The lowest BCUT2D eigenvalue weighted by atomic mass is 10.1. The van der Waals surface area contributed by atoms with Crippen LogP contribution in [0.1, 0.15) is 37.5 Å². The van der Waals surface area contributed by atoms with Crippen molar-refractivity contribution in [2.75, 3.05) is 5.73 Å². The van der Waals surface area contributed by atoms with Gasteiger partial charge in [-0.25, -0.2) is 9.67 Å². The van der Waals surface area contributed by atoms with Gasteiger partial charge in [0.15, 0.2) is 14.0 Å². The minimum Gasteiger partial charge on any atom is -0.489 e. The van der Waals surface area contributed by atoms with Crippen molar-refractivity contribution in [3.63, 3.8) is 0 Å². The van der Waals surface area contributed by atoms with E-state index >= 15 is 0 Å². The third-order valence-electron chi connectivity index (χ3n) is 6.64. The van der Waals surface area contributed by atoms with Crippen LogP contribution in [0.15, 0.2) is 53.1 Å². The van der Waals surface area contributed by atoms with Gasteiger partial charge in [-0.05, 0) is 70.7 Å². The summed E-state index contributed by atoms with van der Waals surface area (Å²) in [4.78, 5) is 8.29. The fraction of sp³-hybridized carbons (Fsp3) is 0.346. The molecule has 0 aliphatic heterocycles. The van der Waals surface area contributed by atoms with Crippen LogP contribution in [0.2, 0.25) is 23.4 Å². The Balaban J connectivity index is 1.44. The molecule has 190 valence electrons. The van der Waals surface area contributed by atoms with E-state index in [2.05, 4.69) is 83.1 Å². The molecule has 4 aromatic rings. The quantitative estimate of drug-likeness (QED) is 0.177. The molecule has 0 amide bonds. The molecule has 2 N–H and O–H groups in total. The zero-order chi connectivity index (χ0) is 26.1. The number of halogens is 2. The number of anilines is 1. The van der Waals surface area contributed by atoms with Crippen LogP contribution in [0.25, 0.3) is 11.0 Å². The number of benzene rings is 2. The SMILES string of the molecule is CC(C)(C)[Si](C)(C)OCc1cccc(OCc2ccc(Br)c(Cn3ncc4c(N)nc(Cl)nc43)c2)c1. The Kier molecular flexibility index (Phi) is 7.75. The summed E-state index contributed by atoms with van der Waals surface area (Å²) in [5, 5.41) is 5.38. The summed E-state index contributed by atoms with van der Waals surface area (Å²) < 4.78 is 15.2. The second-order valence-corrected chi connectivity index (χ2v) is 16.3. The molecule has 0 unspecified atom stereocenters. The average Bonchev–Trinajstić information content (AvgIpc) is 3.20. The maximum Gasteiger partial charge on any atom is 0.226 e. The predicted molar refractivity (Wildman–Crippen MR) is 151 cm³/mol. The molecule has 2 aromatic carbocycles. The third kappa shape index (κ3) is 6.08. The number of nitrogens with zero attached hydrogens (tertiary/aromatic N) is 4. The standard InChI is InChI=1S/C26H31BrClN5O2Si/c1-26(2,3)36(4,5)35-16-17-7-6-8-20(12-17)34-15-18-9-10-22(27)19(11-18)14-33-24-21(13-30-33)23(29)31-25(28)32-24/h6-13H,14-16H2,1-5H3,(H2,29,31,32). The third-order valence-corrected chi connectivity index (χ3v) is 12.1. The summed E-state index contributed by atoms with van der Waals surface area (Å²) in [6.07, 6.45) is 1.66. The molecule has 0 spiro atoms. The number of nitrogens with two attached hydrogens (primary N) is 1. The minimum absolute atomic E-state index is 0.0971. The summed E-state index contributed by atoms with van der Waals surface area (Å²) in [7, 11) is -1.81. The van der Waals surface area contributed by atoms with E-state index in [1.807, 2.05) is 24.3 Å². The van der Waals surface area contributed by atoms with Gasteiger partial charge in [0.2, 0.25) is 5.28 Å². The molecule has 0 atom stereocenters. The second kappa shape index (κ2) is 10.5. The number of hydrogen-bond acceptors (Lipinski definition) is 6. The van der Waals surface area contributed by atoms with E-state index in [0.29, 0.717) is 36.6 Å². The first kappa shape index (κ1) is 26.6. The van der Waals surface area contributed by atoms with E-state index in [1.165, 1.54) is 0 Å². The summed E-state index contributed by atoms with van der Waals surface area (Å²) >= 11 is 9.66. The second-order valence-electron chi connectivity index (χ2n) is 10.3. The van der Waals surface area contributed by atoms with Gasteiger partial charge in [-0.2, -0.15) is 10.1 Å². The smallest absolute Gasteiger partial charge is 0.226 e. The zero-order valence-electron chi connectivity index (χ0n) is 21.2. The van der Waals surface area contributed by atoms with E-state index in [-0.39, 0.29) is 10.3 Å². The Hall–Kier alpha value is -2.46. The number of ether oxygens (including phenoxy) is 1. The van der Waals surface area contributed by atoms with Gasteiger partial charge < -0.3 is 14.9 Å². The van der Waals surface area contributed by atoms with Gasteiger partial charge in [-0.3, -0.25) is 0 Å².